The molecule has 0 spiro atoms. The molecular weight excluding hydrogens is 462 g/mol. The third-order valence-electron chi connectivity index (χ3n) is 4.55. The van der Waals surface area contributed by atoms with E-state index in [1.165, 1.54) is 52.7 Å². The van der Waals surface area contributed by atoms with E-state index >= 15 is 0 Å². The van der Waals surface area contributed by atoms with Gasteiger partial charge in [0.25, 0.3) is 0 Å². The third kappa shape index (κ3) is 5.55. The molecule has 0 aliphatic carbocycles. The van der Waals surface area contributed by atoms with Gasteiger partial charge < -0.3 is 9.84 Å². The molecule has 1 N–H and O–H groups in total. The average molecular weight is 477 g/mol. The van der Waals surface area contributed by atoms with E-state index in [0.29, 0.717) is 16.3 Å². The Balaban J connectivity index is 1.58. The number of carboxylic acids is 1. The van der Waals surface area contributed by atoms with Gasteiger partial charge >= 0.3 is 12.1 Å². The van der Waals surface area contributed by atoms with E-state index in [1.54, 1.807) is 11.4 Å². The van der Waals surface area contributed by atoms with Crippen LogP contribution in [-0.2, 0) is 19.3 Å². The summed E-state index contributed by atoms with van der Waals surface area (Å²) in [4.78, 5) is 15.3. The van der Waals surface area contributed by atoms with Crippen molar-refractivity contribution in [2.45, 2.75) is 19.3 Å². The lowest BCUT2D eigenvalue weighted by Gasteiger charge is -2.13. The van der Waals surface area contributed by atoms with Crippen LogP contribution in [0.15, 0.2) is 60.2 Å². The normalized spacial score (nSPS) is 11.5. The number of nitrogens with zero attached hydrogens (tertiary/aromatic N) is 3. The van der Waals surface area contributed by atoms with E-state index in [9.17, 15) is 22.4 Å². The monoisotopic (exact) mass is 477 g/mol. The summed E-state index contributed by atoms with van der Waals surface area (Å²) in [5.41, 5.74) is 0.104. The summed E-state index contributed by atoms with van der Waals surface area (Å²) in [6, 6.07) is 8.89. The largest absolute Gasteiger partial charge is 0.489 e. The van der Waals surface area contributed by atoms with Crippen LogP contribution in [0.2, 0.25) is 0 Å². The van der Waals surface area contributed by atoms with Gasteiger partial charge in [-0.2, -0.15) is 18.3 Å². The van der Waals surface area contributed by atoms with E-state index in [-0.39, 0.29) is 30.0 Å². The van der Waals surface area contributed by atoms with Crippen molar-refractivity contribution in [3.63, 3.8) is 0 Å². The maximum absolute atomic E-state index is 13.5. The number of thiazole rings is 1. The molecule has 0 saturated carbocycles. The first kappa shape index (κ1) is 22.5. The number of alkyl halides is 3. The van der Waals surface area contributed by atoms with Crippen molar-refractivity contribution in [1.29, 1.82) is 0 Å². The molecule has 6 nitrogen and oxygen atoms in total. The minimum Gasteiger partial charge on any atom is -0.489 e. The maximum Gasteiger partial charge on any atom is 0.416 e. The van der Waals surface area contributed by atoms with Crippen molar-refractivity contribution in [3.05, 3.63) is 87.8 Å². The van der Waals surface area contributed by atoms with Gasteiger partial charge in [-0.05, 0) is 35.9 Å². The summed E-state index contributed by atoms with van der Waals surface area (Å²) in [7, 11) is 0. The van der Waals surface area contributed by atoms with Crippen LogP contribution in [0.25, 0.3) is 11.3 Å². The summed E-state index contributed by atoms with van der Waals surface area (Å²) in [6.07, 6.45) is -2.06. The second kappa shape index (κ2) is 9.02. The Labute approximate surface area is 188 Å². The lowest BCUT2D eigenvalue weighted by Crippen LogP contribution is -2.06. The lowest BCUT2D eigenvalue weighted by atomic mass is 10.1. The van der Waals surface area contributed by atoms with Gasteiger partial charge in [-0.3, -0.25) is 4.68 Å². The number of ether oxygens (including phenoxy) is 1. The summed E-state index contributed by atoms with van der Waals surface area (Å²) in [6.45, 7) is 0.0614. The Kier molecular flexibility index (Phi) is 6.14. The van der Waals surface area contributed by atoms with Crippen molar-refractivity contribution in [2.75, 3.05) is 0 Å². The Morgan fingerprint density at radius 2 is 2.00 bits per heavy atom. The van der Waals surface area contributed by atoms with Crippen molar-refractivity contribution in [1.82, 2.24) is 14.8 Å². The van der Waals surface area contributed by atoms with Gasteiger partial charge in [-0.25, -0.2) is 14.2 Å². The van der Waals surface area contributed by atoms with Crippen LogP contribution in [0.3, 0.4) is 0 Å². The van der Waals surface area contributed by atoms with Crippen LogP contribution < -0.4 is 4.74 Å². The zero-order chi connectivity index (χ0) is 23.6. The molecule has 0 bridgehead atoms. The molecular formula is C22H15F4N3O3S. The van der Waals surface area contributed by atoms with Gasteiger partial charge in [0.05, 0.1) is 29.6 Å². The van der Waals surface area contributed by atoms with E-state index in [2.05, 4.69) is 10.1 Å². The summed E-state index contributed by atoms with van der Waals surface area (Å²) in [5.74, 6) is -1.61. The second-order valence-electron chi connectivity index (χ2n) is 7.02. The number of hydrogen-bond acceptors (Lipinski definition) is 5. The molecule has 0 unspecified atom stereocenters. The molecule has 2 heterocycles. The predicted octanol–water partition coefficient (Wildman–Crippen LogP) is 5.49. The molecule has 0 amide bonds. The van der Waals surface area contributed by atoms with Crippen LogP contribution in [0.5, 0.6) is 5.75 Å². The first-order chi connectivity index (χ1) is 15.7. The zero-order valence-corrected chi connectivity index (χ0v) is 17.5. The van der Waals surface area contributed by atoms with Crippen molar-refractivity contribution < 1.29 is 32.2 Å². The Bertz CT molecular complexity index is 1300. The van der Waals surface area contributed by atoms with Gasteiger partial charge in [0.1, 0.15) is 23.2 Å². The number of benzene rings is 2. The maximum atomic E-state index is 13.5. The van der Waals surface area contributed by atoms with E-state index < -0.39 is 23.5 Å². The van der Waals surface area contributed by atoms with Crippen molar-refractivity contribution >= 4 is 17.3 Å². The zero-order valence-electron chi connectivity index (χ0n) is 16.7. The molecule has 11 heteroatoms. The van der Waals surface area contributed by atoms with Crippen LogP contribution in [0, 0.1) is 5.82 Å². The molecule has 33 heavy (non-hydrogen) atoms. The van der Waals surface area contributed by atoms with Crippen LogP contribution >= 0.6 is 11.3 Å². The minimum atomic E-state index is -4.60. The van der Waals surface area contributed by atoms with Crippen LogP contribution in [0.1, 0.15) is 26.5 Å². The number of halogens is 4. The number of rotatable bonds is 7. The Morgan fingerprint density at radius 3 is 2.70 bits per heavy atom. The highest BCUT2D eigenvalue weighted by Crippen LogP contribution is 2.36. The fourth-order valence-corrected chi connectivity index (χ4v) is 3.80. The molecule has 2 aromatic heterocycles. The second-order valence-corrected chi connectivity index (χ2v) is 7.96. The highest BCUT2D eigenvalue weighted by Gasteiger charge is 2.32. The molecule has 0 saturated heterocycles. The van der Waals surface area contributed by atoms with E-state index in [1.807, 2.05) is 0 Å². The molecule has 0 radical (unpaired) electrons. The number of hydrogen-bond donors (Lipinski definition) is 1. The summed E-state index contributed by atoms with van der Waals surface area (Å²) >= 11 is 1.20. The summed E-state index contributed by atoms with van der Waals surface area (Å²) < 4.78 is 60.6. The van der Waals surface area contributed by atoms with Gasteiger partial charge in [0.2, 0.25) is 0 Å². The third-order valence-corrected chi connectivity index (χ3v) is 5.39. The van der Waals surface area contributed by atoms with Crippen molar-refractivity contribution in [2.24, 2.45) is 0 Å². The quantitative estimate of drug-likeness (QED) is 0.356. The molecule has 0 aliphatic rings. The number of aromatic carboxylic acids is 1. The van der Waals surface area contributed by atoms with Gasteiger partial charge in [-0.15, -0.1) is 11.3 Å². The lowest BCUT2D eigenvalue weighted by molar-refractivity contribution is -0.137. The smallest absolute Gasteiger partial charge is 0.416 e. The SMILES string of the molecule is O=C(O)c1cnn(Cc2nc(-c3cc(OCc4cccc(F)c4)cc(C(F)(F)F)c3)cs2)c1. The van der Waals surface area contributed by atoms with Gasteiger partial charge in [0.15, 0.2) is 0 Å². The molecule has 0 atom stereocenters. The minimum absolute atomic E-state index is 0.0183. The fraction of sp³-hybridized carbons (Fsp3) is 0.136. The van der Waals surface area contributed by atoms with E-state index in [4.69, 9.17) is 9.84 Å². The number of carboxylic acid groups (broad SMARTS) is 1. The van der Waals surface area contributed by atoms with Crippen LogP contribution in [0.4, 0.5) is 17.6 Å². The first-order valence-electron chi connectivity index (χ1n) is 9.47. The fourth-order valence-electron chi connectivity index (χ4n) is 3.00. The highest BCUT2D eigenvalue weighted by molar-refractivity contribution is 7.09. The summed E-state index contributed by atoms with van der Waals surface area (Å²) in [5, 5.41) is 15.0. The highest BCUT2D eigenvalue weighted by atomic mass is 32.1. The van der Waals surface area contributed by atoms with Gasteiger partial charge in [-0.1, -0.05) is 12.1 Å². The van der Waals surface area contributed by atoms with Gasteiger partial charge in [0, 0.05) is 17.1 Å². The number of aromatic nitrogens is 3. The number of carbonyl (C=O) groups is 1. The average Bonchev–Trinajstić information content (AvgIpc) is 3.42. The predicted molar refractivity (Wildman–Crippen MR) is 112 cm³/mol. The Morgan fingerprint density at radius 1 is 1.18 bits per heavy atom. The van der Waals surface area contributed by atoms with E-state index in [0.717, 1.165) is 12.1 Å². The molecule has 4 rings (SSSR count). The Hall–Kier alpha value is -3.73. The topological polar surface area (TPSA) is 77.2 Å². The molecule has 4 aromatic rings. The molecule has 2 aromatic carbocycles. The van der Waals surface area contributed by atoms with Crippen molar-refractivity contribution in [3.8, 4) is 17.0 Å². The van der Waals surface area contributed by atoms with Crippen LogP contribution in [-0.4, -0.2) is 25.8 Å². The molecule has 0 aliphatic heterocycles. The standard InChI is InChI=1S/C22H15F4N3O3S/c23-17-3-1-2-13(4-17)11-32-18-6-14(5-16(7-18)22(24,25)26)19-12-33-20(28-19)10-29-9-15(8-27-29)21(30)31/h1-9,12H,10-11H2,(H,30,31). The molecule has 170 valence electrons. The first-order valence-corrected chi connectivity index (χ1v) is 10.4. The molecule has 0 fully saturated rings.